The summed E-state index contributed by atoms with van der Waals surface area (Å²) in [6, 6.07) is 17.4. The van der Waals surface area contributed by atoms with Crippen molar-refractivity contribution in [1.82, 2.24) is 0 Å². The van der Waals surface area contributed by atoms with Crippen LogP contribution in [0.2, 0.25) is 5.02 Å². The normalized spacial score (nSPS) is 11.5. The van der Waals surface area contributed by atoms with Crippen LogP contribution in [0, 0.1) is 0 Å². The van der Waals surface area contributed by atoms with Crippen molar-refractivity contribution in [3.63, 3.8) is 0 Å². The van der Waals surface area contributed by atoms with E-state index in [-0.39, 0.29) is 0 Å². The van der Waals surface area contributed by atoms with Crippen LogP contribution < -0.4 is 14.9 Å². The zero-order valence-corrected chi connectivity index (χ0v) is 17.4. The minimum atomic E-state index is -4.37. The van der Waals surface area contributed by atoms with Crippen molar-refractivity contribution < 1.29 is 22.6 Å². The average Bonchev–Trinajstić information content (AvgIpc) is 2.74. The van der Waals surface area contributed by atoms with E-state index in [1.54, 1.807) is 24.3 Å². The van der Waals surface area contributed by atoms with Gasteiger partial charge in [-0.05, 0) is 61.0 Å². The monoisotopic (exact) mass is 448 g/mol. The van der Waals surface area contributed by atoms with Gasteiger partial charge in [0.1, 0.15) is 6.61 Å². The molecule has 162 valence electrons. The summed E-state index contributed by atoms with van der Waals surface area (Å²) in [4.78, 5) is 0. The molecule has 3 rings (SSSR count). The Balaban J connectivity index is 1.66. The van der Waals surface area contributed by atoms with Gasteiger partial charge in [-0.15, -0.1) is 0 Å². The Hall–Kier alpha value is -3.19. The molecule has 3 aromatic rings. The molecule has 4 nitrogen and oxygen atoms in total. The minimum Gasteiger partial charge on any atom is -0.490 e. The van der Waals surface area contributed by atoms with Gasteiger partial charge in [-0.1, -0.05) is 29.8 Å². The highest BCUT2D eigenvalue weighted by molar-refractivity contribution is 6.31. The number of benzene rings is 3. The van der Waals surface area contributed by atoms with Crippen LogP contribution in [0.15, 0.2) is 71.8 Å². The van der Waals surface area contributed by atoms with E-state index in [9.17, 15) is 13.2 Å². The molecule has 0 saturated heterocycles. The topological polar surface area (TPSA) is 42.8 Å². The molecule has 0 aromatic heterocycles. The minimum absolute atomic E-state index is 0.294. The summed E-state index contributed by atoms with van der Waals surface area (Å²) in [5.41, 5.74) is 4.02. The van der Waals surface area contributed by atoms with Crippen LogP contribution in [0.3, 0.4) is 0 Å². The molecule has 0 atom stereocenters. The van der Waals surface area contributed by atoms with Gasteiger partial charge in [-0.3, -0.25) is 5.43 Å². The highest BCUT2D eigenvalue weighted by Crippen LogP contribution is 2.31. The molecule has 8 heteroatoms. The number of hydrogen-bond acceptors (Lipinski definition) is 4. The molecule has 3 aromatic carbocycles. The van der Waals surface area contributed by atoms with Gasteiger partial charge in [0.2, 0.25) is 0 Å². The zero-order chi connectivity index (χ0) is 22.3. The summed E-state index contributed by atoms with van der Waals surface area (Å²) in [6.45, 7) is 2.61. The summed E-state index contributed by atoms with van der Waals surface area (Å²) in [5, 5.41) is 4.69. The molecule has 1 N–H and O–H groups in total. The SMILES string of the molecule is CCOc1cc(C=NNc2ccc(C(F)(F)F)cc2)ccc1OCc1ccccc1Cl. The molecule has 0 spiro atoms. The van der Waals surface area contributed by atoms with Crippen molar-refractivity contribution in [2.45, 2.75) is 19.7 Å². The van der Waals surface area contributed by atoms with Gasteiger partial charge in [-0.2, -0.15) is 18.3 Å². The lowest BCUT2D eigenvalue weighted by atomic mass is 10.2. The van der Waals surface area contributed by atoms with Gasteiger partial charge in [0.05, 0.1) is 24.1 Å². The fraction of sp³-hybridized carbons (Fsp3) is 0.174. The van der Waals surface area contributed by atoms with E-state index in [1.807, 2.05) is 25.1 Å². The van der Waals surface area contributed by atoms with Gasteiger partial charge in [-0.25, -0.2) is 0 Å². The lowest BCUT2D eigenvalue weighted by molar-refractivity contribution is -0.137. The second-order valence-electron chi connectivity index (χ2n) is 6.46. The van der Waals surface area contributed by atoms with E-state index in [0.717, 1.165) is 23.3 Å². The van der Waals surface area contributed by atoms with Crippen molar-refractivity contribution >= 4 is 23.5 Å². The Morgan fingerprint density at radius 1 is 0.968 bits per heavy atom. The van der Waals surface area contributed by atoms with Gasteiger partial charge < -0.3 is 9.47 Å². The van der Waals surface area contributed by atoms with E-state index >= 15 is 0 Å². The predicted molar refractivity (Wildman–Crippen MR) is 116 cm³/mol. The first-order valence-corrected chi connectivity index (χ1v) is 9.84. The van der Waals surface area contributed by atoms with E-state index in [1.165, 1.54) is 18.3 Å². The quantitative estimate of drug-likeness (QED) is 0.305. The van der Waals surface area contributed by atoms with Gasteiger partial charge in [0.15, 0.2) is 11.5 Å². The molecule has 0 heterocycles. The Morgan fingerprint density at radius 2 is 1.71 bits per heavy atom. The summed E-state index contributed by atoms with van der Waals surface area (Å²) in [5.74, 6) is 1.11. The molecule has 0 aliphatic heterocycles. The van der Waals surface area contributed by atoms with Crippen molar-refractivity contribution in [2.75, 3.05) is 12.0 Å². The van der Waals surface area contributed by atoms with Crippen LogP contribution in [0.4, 0.5) is 18.9 Å². The lowest BCUT2D eigenvalue weighted by Gasteiger charge is -2.13. The number of hydrogen-bond donors (Lipinski definition) is 1. The molecule has 0 fully saturated rings. The largest absolute Gasteiger partial charge is 0.490 e. The number of anilines is 1. The molecule has 0 unspecified atom stereocenters. The maximum Gasteiger partial charge on any atom is 0.416 e. The molecule has 31 heavy (non-hydrogen) atoms. The molecule has 0 radical (unpaired) electrons. The van der Waals surface area contributed by atoms with E-state index in [0.29, 0.717) is 35.4 Å². The highest BCUT2D eigenvalue weighted by atomic mass is 35.5. The van der Waals surface area contributed by atoms with Crippen molar-refractivity contribution in [3.8, 4) is 11.5 Å². The molecule has 0 bridgehead atoms. The molecule has 0 aliphatic carbocycles. The van der Waals surface area contributed by atoms with E-state index in [2.05, 4.69) is 10.5 Å². The third-order valence-electron chi connectivity index (χ3n) is 4.23. The maximum absolute atomic E-state index is 12.6. The lowest BCUT2D eigenvalue weighted by Crippen LogP contribution is -2.04. The highest BCUT2D eigenvalue weighted by Gasteiger charge is 2.29. The Bertz CT molecular complexity index is 1040. The third-order valence-corrected chi connectivity index (χ3v) is 4.60. The molecule has 0 saturated carbocycles. The van der Waals surface area contributed by atoms with E-state index < -0.39 is 11.7 Å². The van der Waals surface area contributed by atoms with Crippen LogP contribution in [-0.2, 0) is 12.8 Å². The van der Waals surface area contributed by atoms with Crippen molar-refractivity contribution in [3.05, 3.63) is 88.4 Å². The average molecular weight is 449 g/mol. The summed E-state index contributed by atoms with van der Waals surface area (Å²) in [7, 11) is 0. The molecule has 0 aliphatic rings. The number of hydrazone groups is 1. The fourth-order valence-electron chi connectivity index (χ4n) is 2.68. The fourth-order valence-corrected chi connectivity index (χ4v) is 2.87. The number of ether oxygens (including phenoxy) is 2. The molecular formula is C23H20ClF3N2O2. The summed E-state index contributed by atoms with van der Waals surface area (Å²) >= 11 is 6.16. The van der Waals surface area contributed by atoms with Crippen LogP contribution in [-0.4, -0.2) is 12.8 Å². The van der Waals surface area contributed by atoms with Crippen LogP contribution in [0.5, 0.6) is 11.5 Å². The number of halogens is 4. The van der Waals surface area contributed by atoms with Crippen molar-refractivity contribution in [1.29, 1.82) is 0 Å². The van der Waals surface area contributed by atoms with Crippen molar-refractivity contribution in [2.24, 2.45) is 5.10 Å². The van der Waals surface area contributed by atoms with Crippen LogP contribution in [0.1, 0.15) is 23.6 Å². The van der Waals surface area contributed by atoms with Gasteiger partial charge >= 0.3 is 6.18 Å². The second-order valence-corrected chi connectivity index (χ2v) is 6.87. The number of rotatable bonds is 8. The number of nitrogens with one attached hydrogen (secondary N) is 1. The first-order valence-electron chi connectivity index (χ1n) is 9.46. The smallest absolute Gasteiger partial charge is 0.416 e. The Labute approximate surface area is 183 Å². The first kappa shape index (κ1) is 22.5. The molecular weight excluding hydrogens is 429 g/mol. The first-order chi connectivity index (χ1) is 14.9. The van der Waals surface area contributed by atoms with Gasteiger partial charge in [0.25, 0.3) is 0 Å². The maximum atomic E-state index is 12.6. The number of alkyl halides is 3. The van der Waals surface area contributed by atoms with Crippen LogP contribution >= 0.6 is 11.6 Å². The number of nitrogens with zero attached hydrogens (tertiary/aromatic N) is 1. The van der Waals surface area contributed by atoms with Crippen LogP contribution in [0.25, 0.3) is 0 Å². The van der Waals surface area contributed by atoms with Gasteiger partial charge in [0, 0.05) is 10.6 Å². The Kier molecular flexibility index (Phi) is 7.41. The Morgan fingerprint density at radius 3 is 2.39 bits per heavy atom. The zero-order valence-electron chi connectivity index (χ0n) is 16.6. The summed E-state index contributed by atoms with van der Waals surface area (Å²) in [6.07, 6.45) is -2.83. The third kappa shape index (κ3) is 6.39. The predicted octanol–water partition coefficient (Wildman–Crippen LogP) is 6.78. The summed E-state index contributed by atoms with van der Waals surface area (Å²) < 4.78 is 49.4. The molecule has 0 amide bonds. The van der Waals surface area contributed by atoms with E-state index in [4.69, 9.17) is 21.1 Å². The second kappa shape index (κ2) is 10.2. The standard InChI is InChI=1S/C23H20ClF3N2O2/c1-2-30-22-13-16(7-12-21(22)31-15-17-5-3-4-6-20(17)24)14-28-29-19-10-8-18(9-11-19)23(25,26)27/h3-14,29H,2,15H2,1H3.